The van der Waals surface area contributed by atoms with Crippen molar-refractivity contribution in [3.05, 3.63) is 131 Å². The van der Waals surface area contributed by atoms with Gasteiger partial charge in [-0.15, -0.1) is 0 Å². The number of hydrogen-bond donors (Lipinski definition) is 3. The van der Waals surface area contributed by atoms with Crippen LogP contribution in [0.15, 0.2) is 103 Å². The largest absolute Gasteiger partial charge is 0.416 e. The van der Waals surface area contributed by atoms with Crippen LogP contribution in [-0.2, 0) is 35.6 Å². The maximum atomic E-state index is 13.3. The minimum Gasteiger partial charge on any atom is -0.375 e. The Morgan fingerprint density at radius 1 is 0.822 bits per heavy atom. The number of halogens is 3. The van der Waals surface area contributed by atoms with E-state index >= 15 is 0 Å². The Balaban J connectivity index is 1.52. The van der Waals surface area contributed by atoms with Gasteiger partial charge in [-0.05, 0) is 59.5 Å². The van der Waals surface area contributed by atoms with Gasteiger partial charge >= 0.3 is 6.18 Å². The summed E-state index contributed by atoms with van der Waals surface area (Å²) in [6.07, 6.45) is -2.67. The summed E-state index contributed by atoms with van der Waals surface area (Å²) in [5.41, 5.74) is 0.538. The summed E-state index contributed by atoms with van der Waals surface area (Å²) in [6, 6.07) is 27.5. The summed E-state index contributed by atoms with van der Waals surface area (Å²) < 4.78 is 66.5. The number of carbonyl (C=O) groups excluding carboxylic acids is 1. The van der Waals surface area contributed by atoms with E-state index in [-0.39, 0.29) is 31.5 Å². The summed E-state index contributed by atoms with van der Waals surface area (Å²) in [7, 11) is -3.75. The average molecular weight is 640 g/mol. The van der Waals surface area contributed by atoms with Crippen molar-refractivity contribution >= 4 is 27.3 Å². The molecule has 1 unspecified atom stereocenters. The number of nitrogens with one attached hydrogen (secondary N) is 2. The summed E-state index contributed by atoms with van der Waals surface area (Å²) in [4.78, 5) is 13.3. The number of anilines is 2. The minimum atomic E-state index is -4.49. The molecule has 3 N–H and O–H groups in total. The molecule has 238 valence electrons. The summed E-state index contributed by atoms with van der Waals surface area (Å²) in [5, 5.41) is 17.4. The first-order chi connectivity index (χ1) is 21.3. The van der Waals surface area contributed by atoms with Crippen molar-refractivity contribution in [2.45, 2.75) is 44.6 Å². The molecule has 11 heteroatoms. The molecule has 0 saturated carbocycles. The Bertz CT molecular complexity index is 1700. The topological polar surface area (TPSA) is 98.7 Å². The molecule has 0 aliphatic carbocycles. The molecule has 0 spiro atoms. The molecule has 1 amide bonds. The molecule has 0 aliphatic heterocycles. The van der Waals surface area contributed by atoms with Gasteiger partial charge < -0.3 is 10.4 Å². The molecule has 0 fully saturated rings. The number of rotatable bonds is 13. The van der Waals surface area contributed by atoms with Crippen LogP contribution in [-0.4, -0.2) is 38.0 Å². The summed E-state index contributed by atoms with van der Waals surface area (Å²) >= 11 is 0. The van der Waals surface area contributed by atoms with Gasteiger partial charge in [-0.2, -0.15) is 13.2 Å². The maximum absolute atomic E-state index is 13.3. The first-order valence-corrected chi connectivity index (χ1v) is 16.3. The normalized spacial score (nSPS) is 13.2. The van der Waals surface area contributed by atoms with Gasteiger partial charge in [0.2, 0.25) is 10.0 Å². The van der Waals surface area contributed by atoms with Crippen LogP contribution < -0.4 is 14.9 Å². The highest BCUT2D eigenvalue weighted by Gasteiger charge is 2.31. The van der Waals surface area contributed by atoms with Crippen LogP contribution in [0.4, 0.5) is 24.5 Å². The predicted molar refractivity (Wildman–Crippen MR) is 170 cm³/mol. The molecule has 0 aromatic heterocycles. The van der Waals surface area contributed by atoms with Gasteiger partial charge in [0.1, 0.15) is 5.72 Å². The Hall–Kier alpha value is -4.19. The zero-order chi connectivity index (χ0) is 32.7. The smallest absolute Gasteiger partial charge is 0.375 e. The Labute approximate surface area is 261 Å². The van der Waals surface area contributed by atoms with E-state index in [0.717, 1.165) is 29.5 Å². The van der Waals surface area contributed by atoms with E-state index in [1.807, 2.05) is 37.3 Å². The SMILES string of the molecule is CCc1cc(C(=O)NCCC(O)(Cc2ccccc2)NCc2cccc(C(F)(F)F)c2)cc(N(c2ccccc2)S(C)(=O)=O)c1. The van der Waals surface area contributed by atoms with Crippen molar-refractivity contribution in [1.82, 2.24) is 10.6 Å². The van der Waals surface area contributed by atoms with Crippen molar-refractivity contribution in [1.29, 1.82) is 0 Å². The van der Waals surface area contributed by atoms with Crippen molar-refractivity contribution in [2.75, 3.05) is 17.1 Å². The maximum Gasteiger partial charge on any atom is 0.416 e. The van der Waals surface area contributed by atoms with Crippen LogP contribution in [0.1, 0.15) is 46.0 Å². The van der Waals surface area contributed by atoms with Gasteiger partial charge in [0, 0.05) is 31.5 Å². The molecule has 1 atom stereocenters. The lowest BCUT2D eigenvalue weighted by Crippen LogP contribution is -2.49. The van der Waals surface area contributed by atoms with E-state index in [2.05, 4.69) is 10.6 Å². The molecule has 0 bridgehead atoms. The van der Waals surface area contributed by atoms with E-state index in [9.17, 15) is 31.5 Å². The Morgan fingerprint density at radius 2 is 1.47 bits per heavy atom. The Morgan fingerprint density at radius 3 is 2.09 bits per heavy atom. The Kier molecular flexibility index (Phi) is 10.7. The highest BCUT2D eigenvalue weighted by atomic mass is 32.2. The number of nitrogens with zero attached hydrogens (tertiary/aromatic N) is 1. The van der Waals surface area contributed by atoms with Crippen LogP contribution in [0.5, 0.6) is 0 Å². The number of alkyl halides is 3. The number of sulfonamides is 1. The number of hydrogen-bond acceptors (Lipinski definition) is 5. The van der Waals surface area contributed by atoms with Crippen LogP contribution >= 0.6 is 0 Å². The lowest BCUT2D eigenvalue weighted by atomic mass is 9.98. The third-order valence-electron chi connectivity index (χ3n) is 7.24. The van der Waals surface area contributed by atoms with Crippen LogP contribution in [0.3, 0.4) is 0 Å². The molecule has 0 aliphatic rings. The second kappa shape index (κ2) is 14.3. The third-order valence-corrected chi connectivity index (χ3v) is 8.33. The predicted octanol–water partition coefficient (Wildman–Crippen LogP) is 6.21. The molecular weight excluding hydrogens is 603 g/mol. The van der Waals surface area contributed by atoms with Crippen LogP contribution in [0, 0.1) is 0 Å². The fourth-order valence-electron chi connectivity index (χ4n) is 5.00. The molecule has 4 rings (SSSR count). The quantitative estimate of drug-likeness (QED) is 0.151. The first kappa shape index (κ1) is 33.7. The first-order valence-electron chi connectivity index (χ1n) is 14.4. The van der Waals surface area contributed by atoms with Crippen molar-refractivity contribution < 1.29 is 31.5 Å². The highest BCUT2D eigenvalue weighted by molar-refractivity contribution is 7.92. The molecule has 4 aromatic rings. The second-order valence-corrected chi connectivity index (χ2v) is 12.7. The van der Waals surface area contributed by atoms with Crippen LogP contribution in [0.25, 0.3) is 0 Å². The molecule has 4 aromatic carbocycles. The van der Waals surface area contributed by atoms with Crippen molar-refractivity contribution in [3.63, 3.8) is 0 Å². The highest BCUT2D eigenvalue weighted by Crippen LogP contribution is 2.31. The van der Waals surface area contributed by atoms with Crippen LogP contribution in [0.2, 0.25) is 0 Å². The lowest BCUT2D eigenvalue weighted by molar-refractivity contribution is -0.137. The van der Waals surface area contributed by atoms with E-state index in [0.29, 0.717) is 23.4 Å². The number of aliphatic hydroxyl groups is 1. The fraction of sp³-hybridized carbons (Fsp3) is 0.265. The zero-order valence-corrected chi connectivity index (χ0v) is 25.8. The molecule has 45 heavy (non-hydrogen) atoms. The third kappa shape index (κ3) is 9.40. The van der Waals surface area contributed by atoms with Crippen molar-refractivity contribution in [3.8, 4) is 0 Å². The number of amides is 1. The molecule has 0 saturated heterocycles. The van der Waals surface area contributed by atoms with Gasteiger partial charge in [-0.25, -0.2) is 12.7 Å². The lowest BCUT2D eigenvalue weighted by Gasteiger charge is -2.30. The molecule has 0 radical (unpaired) electrons. The van der Waals surface area contributed by atoms with E-state index in [4.69, 9.17) is 0 Å². The summed E-state index contributed by atoms with van der Waals surface area (Å²) in [6.45, 7) is 1.88. The van der Waals surface area contributed by atoms with Gasteiger partial charge in [0.15, 0.2) is 0 Å². The zero-order valence-electron chi connectivity index (χ0n) is 25.0. The van der Waals surface area contributed by atoms with E-state index in [1.54, 1.807) is 48.5 Å². The van der Waals surface area contributed by atoms with E-state index < -0.39 is 33.4 Å². The molecule has 0 heterocycles. The fourth-order valence-corrected chi connectivity index (χ4v) is 6.00. The number of para-hydroxylation sites is 1. The monoisotopic (exact) mass is 639 g/mol. The van der Waals surface area contributed by atoms with E-state index in [1.165, 1.54) is 16.4 Å². The van der Waals surface area contributed by atoms with Gasteiger partial charge in [0.05, 0.1) is 23.2 Å². The average Bonchev–Trinajstić information content (AvgIpc) is 3.00. The number of benzene rings is 4. The second-order valence-electron chi connectivity index (χ2n) is 10.9. The standard InChI is InChI=1S/C34H36F3N3O4S/c1-3-25-19-28(22-31(21-25)40(45(2,43)44)30-15-8-5-9-16-30)32(41)38-18-17-33(42,23-26-11-6-4-7-12-26)39-24-27-13-10-14-29(20-27)34(35,36)37/h4-16,19-22,39,42H,3,17-18,23-24H2,1-2H3,(H,38,41). The van der Waals surface area contributed by atoms with Gasteiger partial charge in [0.25, 0.3) is 5.91 Å². The number of aryl methyl sites for hydroxylation is 1. The molecular formula is C34H36F3N3O4S. The molecule has 7 nitrogen and oxygen atoms in total. The minimum absolute atomic E-state index is 0.0257. The summed E-state index contributed by atoms with van der Waals surface area (Å²) in [5.74, 6) is -0.465. The van der Waals surface area contributed by atoms with Crippen molar-refractivity contribution in [2.24, 2.45) is 0 Å². The number of carbonyl (C=O) groups is 1. The van der Waals surface area contributed by atoms with Gasteiger partial charge in [-0.1, -0.05) is 73.7 Å². The van der Waals surface area contributed by atoms with Gasteiger partial charge in [-0.3, -0.25) is 10.1 Å².